The van der Waals surface area contributed by atoms with Crippen molar-refractivity contribution in [1.29, 1.82) is 0 Å². The third-order valence-electron chi connectivity index (χ3n) is 5.85. The number of anilines is 2. The molecule has 2 aliphatic heterocycles. The van der Waals surface area contributed by atoms with Gasteiger partial charge in [-0.2, -0.15) is 0 Å². The number of nitrogens with zero attached hydrogens (tertiary/aromatic N) is 2. The summed E-state index contributed by atoms with van der Waals surface area (Å²) in [7, 11) is 0. The number of hydrogen-bond acceptors (Lipinski definition) is 4. The van der Waals surface area contributed by atoms with Crippen molar-refractivity contribution in [3.8, 4) is 0 Å². The van der Waals surface area contributed by atoms with Crippen molar-refractivity contribution in [2.24, 2.45) is 0 Å². The van der Waals surface area contributed by atoms with Crippen LogP contribution in [0, 0.1) is 0 Å². The number of rotatable bonds is 3. The third kappa shape index (κ3) is 2.62. The standard InChI is InChI=1S/C21H19N5O4/c1-21-9-8-18(28)26(21)16-5-3-2-4-13(16)19(29)25(21)11-17(27)22-12-6-7-14-15(10-12)24-20(30)23-14/h2-7,10H,8-9,11H2,1H3,(H,22,27)(H2,23,24,30). The van der Waals surface area contributed by atoms with E-state index >= 15 is 0 Å². The van der Waals surface area contributed by atoms with E-state index in [2.05, 4.69) is 15.3 Å². The molecule has 1 fully saturated rings. The summed E-state index contributed by atoms with van der Waals surface area (Å²) in [5, 5.41) is 2.77. The van der Waals surface area contributed by atoms with Gasteiger partial charge in [0.1, 0.15) is 12.2 Å². The van der Waals surface area contributed by atoms with Gasteiger partial charge in [-0.05, 0) is 43.7 Å². The third-order valence-corrected chi connectivity index (χ3v) is 5.85. The Kier molecular flexibility index (Phi) is 3.82. The van der Waals surface area contributed by atoms with E-state index in [-0.39, 0.29) is 30.0 Å². The first-order valence-electron chi connectivity index (χ1n) is 9.63. The van der Waals surface area contributed by atoms with Gasteiger partial charge < -0.3 is 20.2 Å². The van der Waals surface area contributed by atoms with E-state index in [4.69, 9.17) is 0 Å². The first kappa shape index (κ1) is 18.2. The number of imidazole rings is 1. The Hall–Kier alpha value is -3.88. The average Bonchev–Trinajstić information content (AvgIpc) is 3.24. The maximum atomic E-state index is 13.2. The number of para-hydroxylation sites is 1. The highest BCUT2D eigenvalue weighted by atomic mass is 16.2. The van der Waals surface area contributed by atoms with Gasteiger partial charge in [0.05, 0.1) is 22.3 Å². The molecule has 2 aliphatic rings. The number of nitrogens with one attached hydrogen (secondary N) is 3. The summed E-state index contributed by atoms with van der Waals surface area (Å²) < 4.78 is 0. The summed E-state index contributed by atoms with van der Waals surface area (Å²) in [6.45, 7) is 1.62. The molecule has 9 heteroatoms. The van der Waals surface area contributed by atoms with Crippen molar-refractivity contribution >= 4 is 40.1 Å². The van der Waals surface area contributed by atoms with E-state index in [1.807, 2.05) is 6.92 Å². The monoisotopic (exact) mass is 405 g/mol. The Morgan fingerprint density at radius 3 is 2.70 bits per heavy atom. The lowest BCUT2D eigenvalue weighted by atomic mass is 9.98. The van der Waals surface area contributed by atoms with E-state index in [0.29, 0.717) is 40.8 Å². The molecule has 3 heterocycles. The van der Waals surface area contributed by atoms with Crippen molar-refractivity contribution in [1.82, 2.24) is 14.9 Å². The smallest absolute Gasteiger partial charge is 0.323 e. The number of H-pyrrole nitrogens is 2. The molecule has 1 aromatic heterocycles. The van der Waals surface area contributed by atoms with Gasteiger partial charge in [0.2, 0.25) is 11.8 Å². The van der Waals surface area contributed by atoms with Crippen LogP contribution in [-0.4, -0.2) is 44.8 Å². The van der Waals surface area contributed by atoms with Crippen molar-refractivity contribution < 1.29 is 14.4 Å². The minimum absolute atomic E-state index is 0.0651. The van der Waals surface area contributed by atoms with Crippen molar-refractivity contribution in [2.45, 2.75) is 25.4 Å². The van der Waals surface area contributed by atoms with Gasteiger partial charge in [-0.15, -0.1) is 0 Å². The summed E-state index contributed by atoms with van der Waals surface area (Å²) in [5.74, 6) is -0.732. The first-order valence-corrected chi connectivity index (χ1v) is 9.63. The second-order valence-corrected chi connectivity index (χ2v) is 7.74. The number of carbonyl (C=O) groups is 3. The quantitative estimate of drug-likeness (QED) is 0.616. The highest BCUT2D eigenvalue weighted by molar-refractivity contribution is 6.11. The summed E-state index contributed by atoms with van der Waals surface area (Å²) in [6.07, 6.45) is 0.767. The molecule has 0 spiro atoms. The molecule has 3 amide bonds. The second-order valence-electron chi connectivity index (χ2n) is 7.74. The van der Waals surface area contributed by atoms with E-state index in [1.54, 1.807) is 47.4 Å². The fraction of sp³-hybridized carbons (Fsp3) is 0.238. The van der Waals surface area contributed by atoms with Gasteiger partial charge in [0.25, 0.3) is 5.91 Å². The Bertz CT molecular complexity index is 1280. The van der Waals surface area contributed by atoms with Crippen LogP contribution in [-0.2, 0) is 9.59 Å². The summed E-state index contributed by atoms with van der Waals surface area (Å²) >= 11 is 0. The Balaban J connectivity index is 1.44. The lowest BCUT2D eigenvalue weighted by molar-refractivity contribution is -0.120. The van der Waals surface area contributed by atoms with E-state index < -0.39 is 5.66 Å². The lowest BCUT2D eigenvalue weighted by Gasteiger charge is -2.48. The minimum Gasteiger partial charge on any atom is -0.324 e. The predicted octanol–water partition coefficient (Wildman–Crippen LogP) is 1.79. The number of carbonyl (C=O) groups excluding carboxylic acids is 3. The molecule has 3 N–H and O–H groups in total. The van der Waals surface area contributed by atoms with Crippen LogP contribution in [0.1, 0.15) is 30.1 Å². The van der Waals surface area contributed by atoms with Crippen LogP contribution in [0.3, 0.4) is 0 Å². The number of benzene rings is 2. The van der Waals surface area contributed by atoms with E-state index in [9.17, 15) is 19.2 Å². The maximum absolute atomic E-state index is 13.2. The molecule has 3 aromatic rings. The topological polar surface area (TPSA) is 118 Å². The normalized spacial score (nSPS) is 20.4. The summed E-state index contributed by atoms with van der Waals surface area (Å²) in [4.78, 5) is 58.4. The van der Waals surface area contributed by atoms with Crippen molar-refractivity contribution in [3.05, 3.63) is 58.5 Å². The van der Waals surface area contributed by atoms with Gasteiger partial charge in [-0.3, -0.25) is 19.3 Å². The highest BCUT2D eigenvalue weighted by Crippen LogP contribution is 2.43. The van der Waals surface area contributed by atoms with Gasteiger partial charge >= 0.3 is 5.69 Å². The van der Waals surface area contributed by atoms with Gasteiger partial charge in [-0.1, -0.05) is 12.1 Å². The maximum Gasteiger partial charge on any atom is 0.323 e. The average molecular weight is 405 g/mol. The van der Waals surface area contributed by atoms with E-state index in [0.717, 1.165) is 0 Å². The molecule has 0 aliphatic carbocycles. The van der Waals surface area contributed by atoms with Crippen LogP contribution >= 0.6 is 0 Å². The largest absolute Gasteiger partial charge is 0.324 e. The van der Waals surface area contributed by atoms with Crippen LogP contribution < -0.4 is 15.9 Å². The first-order chi connectivity index (χ1) is 14.4. The number of fused-ring (bicyclic) bond motifs is 4. The van der Waals surface area contributed by atoms with Gasteiger partial charge in [0.15, 0.2) is 0 Å². The molecule has 9 nitrogen and oxygen atoms in total. The van der Waals surface area contributed by atoms with Crippen LogP contribution in [0.25, 0.3) is 11.0 Å². The zero-order valence-electron chi connectivity index (χ0n) is 16.2. The van der Waals surface area contributed by atoms with Crippen molar-refractivity contribution in [3.63, 3.8) is 0 Å². The second kappa shape index (κ2) is 6.31. The SMILES string of the molecule is CC12CCC(=O)N1c1ccccc1C(=O)N2CC(=O)Nc1ccc2[nH]c(=O)[nH]c2c1. The van der Waals surface area contributed by atoms with Gasteiger partial charge in [-0.25, -0.2) is 4.79 Å². The molecule has 1 atom stereocenters. The number of amides is 3. The lowest BCUT2D eigenvalue weighted by Crippen LogP contribution is -2.63. The number of aromatic nitrogens is 2. The Morgan fingerprint density at radius 2 is 1.87 bits per heavy atom. The van der Waals surface area contributed by atoms with Crippen molar-refractivity contribution in [2.75, 3.05) is 16.8 Å². The zero-order chi connectivity index (χ0) is 21.0. The summed E-state index contributed by atoms with van der Waals surface area (Å²) in [5.41, 5.74) is 1.47. The number of aromatic amines is 2. The van der Waals surface area contributed by atoms with Crippen LogP contribution in [0.2, 0.25) is 0 Å². The molecule has 30 heavy (non-hydrogen) atoms. The van der Waals surface area contributed by atoms with E-state index in [1.165, 1.54) is 4.90 Å². The van der Waals surface area contributed by atoms with Crippen LogP contribution in [0.5, 0.6) is 0 Å². The molecule has 1 saturated heterocycles. The van der Waals surface area contributed by atoms with Crippen LogP contribution in [0.4, 0.5) is 11.4 Å². The van der Waals surface area contributed by atoms with Crippen LogP contribution in [0.15, 0.2) is 47.3 Å². The molecule has 2 aromatic carbocycles. The van der Waals surface area contributed by atoms with Gasteiger partial charge in [0, 0.05) is 12.1 Å². The fourth-order valence-corrected chi connectivity index (χ4v) is 4.40. The fourth-order valence-electron chi connectivity index (χ4n) is 4.40. The molecular weight excluding hydrogens is 386 g/mol. The predicted molar refractivity (Wildman–Crippen MR) is 110 cm³/mol. The molecule has 5 rings (SSSR count). The molecule has 0 radical (unpaired) electrons. The minimum atomic E-state index is -0.893. The number of hydrogen-bond donors (Lipinski definition) is 3. The molecule has 1 unspecified atom stereocenters. The Labute approximate surface area is 170 Å². The summed E-state index contributed by atoms with van der Waals surface area (Å²) in [6, 6.07) is 12.0. The Morgan fingerprint density at radius 1 is 1.10 bits per heavy atom. The highest BCUT2D eigenvalue weighted by Gasteiger charge is 2.53. The molecule has 152 valence electrons. The molecule has 0 bridgehead atoms. The zero-order valence-corrected chi connectivity index (χ0v) is 16.2. The molecule has 0 saturated carbocycles. The molecular formula is C21H19N5O4.